The van der Waals surface area contributed by atoms with E-state index in [1.165, 1.54) is 5.56 Å². The maximum atomic E-state index is 5.65. The van der Waals surface area contributed by atoms with E-state index in [1.807, 2.05) is 18.5 Å². The molecule has 2 aromatic rings. The molecule has 0 aliphatic heterocycles. The molecule has 0 atom stereocenters. The normalized spacial score (nSPS) is 10.8. The van der Waals surface area contributed by atoms with Crippen molar-refractivity contribution in [3.63, 3.8) is 0 Å². The van der Waals surface area contributed by atoms with E-state index in [1.54, 1.807) is 0 Å². The van der Waals surface area contributed by atoms with Gasteiger partial charge in [-0.15, -0.1) is 0 Å². The number of nitrogens with one attached hydrogen (secondary N) is 1. The molecule has 0 aliphatic carbocycles. The van der Waals surface area contributed by atoms with Crippen LogP contribution in [0.1, 0.15) is 24.7 Å². The van der Waals surface area contributed by atoms with E-state index in [9.17, 15) is 0 Å². The van der Waals surface area contributed by atoms with E-state index in [0.717, 1.165) is 38.5 Å². The van der Waals surface area contributed by atoms with E-state index >= 15 is 0 Å². The second-order valence-corrected chi connectivity index (χ2v) is 4.70. The summed E-state index contributed by atoms with van der Waals surface area (Å²) >= 11 is 0. The highest BCUT2D eigenvalue weighted by molar-refractivity contribution is 5.14. The van der Waals surface area contributed by atoms with Crippen LogP contribution in [0.5, 0.6) is 0 Å². The Kier molecular flexibility index (Phi) is 6.27. The third kappa shape index (κ3) is 4.79. The van der Waals surface area contributed by atoms with E-state index in [0.29, 0.717) is 6.61 Å². The van der Waals surface area contributed by atoms with Crippen LogP contribution in [-0.2, 0) is 24.4 Å². The fourth-order valence-corrected chi connectivity index (χ4v) is 2.06. The van der Waals surface area contributed by atoms with Crippen LogP contribution in [0.2, 0.25) is 0 Å². The van der Waals surface area contributed by atoms with Crippen molar-refractivity contribution >= 4 is 0 Å². The van der Waals surface area contributed by atoms with Gasteiger partial charge in [-0.3, -0.25) is 0 Å². The van der Waals surface area contributed by atoms with Crippen LogP contribution in [0.15, 0.2) is 42.7 Å². The molecular formula is C16H23N3O. The monoisotopic (exact) mass is 273 g/mol. The van der Waals surface area contributed by atoms with Gasteiger partial charge in [0.05, 0.1) is 0 Å². The van der Waals surface area contributed by atoms with Crippen molar-refractivity contribution in [2.75, 3.05) is 13.2 Å². The summed E-state index contributed by atoms with van der Waals surface area (Å²) < 4.78 is 7.75. The lowest BCUT2D eigenvalue weighted by Crippen LogP contribution is -2.16. The SMILES string of the molecule is CCn1ccnc1COCCCNCc1ccccc1. The zero-order valence-electron chi connectivity index (χ0n) is 12.1. The van der Waals surface area contributed by atoms with Crippen LogP contribution >= 0.6 is 0 Å². The molecule has 20 heavy (non-hydrogen) atoms. The molecule has 1 aromatic heterocycles. The van der Waals surface area contributed by atoms with Gasteiger partial charge in [-0.25, -0.2) is 4.98 Å². The third-order valence-electron chi connectivity index (χ3n) is 3.19. The molecule has 0 spiro atoms. The minimum Gasteiger partial charge on any atom is -0.373 e. The largest absolute Gasteiger partial charge is 0.373 e. The Morgan fingerprint density at radius 2 is 2.10 bits per heavy atom. The van der Waals surface area contributed by atoms with Gasteiger partial charge in [0.15, 0.2) is 0 Å². The maximum absolute atomic E-state index is 5.65. The number of imidazole rings is 1. The number of aryl methyl sites for hydroxylation is 1. The summed E-state index contributed by atoms with van der Waals surface area (Å²) in [7, 11) is 0. The molecule has 1 aromatic carbocycles. The molecule has 1 N–H and O–H groups in total. The molecule has 0 radical (unpaired) electrons. The van der Waals surface area contributed by atoms with Crippen LogP contribution in [0, 0.1) is 0 Å². The Morgan fingerprint density at radius 1 is 1.25 bits per heavy atom. The predicted molar refractivity (Wildman–Crippen MR) is 80.3 cm³/mol. The van der Waals surface area contributed by atoms with Crippen molar-refractivity contribution in [1.82, 2.24) is 14.9 Å². The Labute approximate surface area is 120 Å². The van der Waals surface area contributed by atoms with Gasteiger partial charge in [0, 0.05) is 32.1 Å². The predicted octanol–water partition coefficient (Wildman–Crippen LogP) is 2.60. The van der Waals surface area contributed by atoms with Gasteiger partial charge >= 0.3 is 0 Å². The van der Waals surface area contributed by atoms with Crippen molar-refractivity contribution < 1.29 is 4.74 Å². The Hall–Kier alpha value is -1.65. The van der Waals surface area contributed by atoms with E-state index in [4.69, 9.17) is 4.74 Å². The first-order valence-electron chi connectivity index (χ1n) is 7.22. The average molecular weight is 273 g/mol. The minimum atomic E-state index is 0.597. The summed E-state index contributed by atoms with van der Waals surface area (Å²) in [5, 5.41) is 3.42. The Morgan fingerprint density at radius 3 is 2.90 bits per heavy atom. The molecule has 0 bridgehead atoms. The summed E-state index contributed by atoms with van der Waals surface area (Å²) in [6.45, 7) is 6.30. The highest BCUT2D eigenvalue weighted by Crippen LogP contribution is 2.00. The van der Waals surface area contributed by atoms with Gasteiger partial charge in [0.25, 0.3) is 0 Å². The molecule has 0 aliphatic rings. The topological polar surface area (TPSA) is 39.1 Å². The first-order valence-corrected chi connectivity index (χ1v) is 7.22. The summed E-state index contributed by atoms with van der Waals surface area (Å²) in [6.07, 6.45) is 4.82. The molecule has 0 amide bonds. The lowest BCUT2D eigenvalue weighted by molar-refractivity contribution is 0.111. The van der Waals surface area contributed by atoms with Crippen LogP contribution in [0.25, 0.3) is 0 Å². The van der Waals surface area contributed by atoms with Crippen molar-refractivity contribution in [3.8, 4) is 0 Å². The highest BCUT2D eigenvalue weighted by Gasteiger charge is 2.00. The van der Waals surface area contributed by atoms with Crippen molar-refractivity contribution in [2.45, 2.75) is 33.0 Å². The van der Waals surface area contributed by atoms with Crippen molar-refractivity contribution in [1.29, 1.82) is 0 Å². The summed E-state index contributed by atoms with van der Waals surface area (Å²) in [4.78, 5) is 4.28. The molecule has 4 heteroatoms. The lowest BCUT2D eigenvalue weighted by Gasteiger charge is -2.07. The van der Waals surface area contributed by atoms with Gasteiger partial charge in [-0.2, -0.15) is 0 Å². The number of hydrogen-bond acceptors (Lipinski definition) is 3. The quantitative estimate of drug-likeness (QED) is 0.714. The maximum Gasteiger partial charge on any atom is 0.134 e. The second kappa shape index (κ2) is 8.51. The molecule has 0 saturated heterocycles. The molecule has 108 valence electrons. The minimum absolute atomic E-state index is 0.597. The smallest absolute Gasteiger partial charge is 0.134 e. The van der Waals surface area contributed by atoms with Gasteiger partial charge in [-0.1, -0.05) is 30.3 Å². The first kappa shape index (κ1) is 14.8. The van der Waals surface area contributed by atoms with E-state index in [-0.39, 0.29) is 0 Å². The zero-order valence-corrected chi connectivity index (χ0v) is 12.1. The summed E-state index contributed by atoms with van der Waals surface area (Å²) in [5.41, 5.74) is 1.32. The molecule has 0 saturated carbocycles. The van der Waals surface area contributed by atoms with Crippen LogP contribution in [0.3, 0.4) is 0 Å². The number of ether oxygens (including phenoxy) is 1. The average Bonchev–Trinajstić information content (AvgIpc) is 2.95. The zero-order chi connectivity index (χ0) is 14.0. The fraction of sp³-hybridized carbons (Fsp3) is 0.438. The van der Waals surface area contributed by atoms with Crippen LogP contribution < -0.4 is 5.32 Å². The van der Waals surface area contributed by atoms with E-state index < -0.39 is 0 Å². The fourth-order valence-electron chi connectivity index (χ4n) is 2.06. The molecule has 0 fully saturated rings. The van der Waals surface area contributed by atoms with Crippen LogP contribution in [0.4, 0.5) is 0 Å². The standard InChI is InChI=1S/C16H23N3O/c1-2-19-11-10-18-16(19)14-20-12-6-9-17-13-15-7-4-3-5-8-15/h3-5,7-8,10-11,17H,2,6,9,12-14H2,1H3. The number of nitrogens with zero attached hydrogens (tertiary/aromatic N) is 2. The van der Waals surface area contributed by atoms with E-state index in [2.05, 4.69) is 46.1 Å². The van der Waals surface area contributed by atoms with Gasteiger partial charge < -0.3 is 14.6 Å². The van der Waals surface area contributed by atoms with Crippen molar-refractivity contribution in [2.24, 2.45) is 0 Å². The summed E-state index contributed by atoms with van der Waals surface area (Å²) in [5.74, 6) is 1.00. The van der Waals surface area contributed by atoms with Gasteiger partial charge in [0.1, 0.15) is 12.4 Å². The van der Waals surface area contributed by atoms with Crippen LogP contribution in [-0.4, -0.2) is 22.7 Å². The van der Waals surface area contributed by atoms with Gasteiger partial charge in [-0.05, 0) is 25.5 Å². The number of rotatable bonds is 9. The third-order valence-corrected chi connectivity index (χ3v) is 3.19. The molecule has 0 unspecified atom stereocenters. The van der Waals surface area contributed by atoms with Gasteiger partial charge in [0.2, 0.25) is 0 Å². The van der Waals surface area contributed by atoms with Crippen molar-refractivity contribution in [3.05, 3.63) is 54.1 Å². The molecule has 1 heterocycles. The second-order valence-electron chi connectivity index (χ2n) is 4.70. The number of hydrogen-bond donors (Lipinski definition) is 1. The highest BCUT2D eigenvalue weighted by atomic mass is 16.5. The summed E-state index contributed by atoms with van der Waals surface area (Å²) in [6, 6.07) is 10.4. The number of aromatic nitrogens is 2. The molecule has 2 rings (SSSR count). The molecular weight excluding hydrogens is 250 g/mol. The molecule has 4 nitrogen and oxygen atoms in total. The Balaban J connectivity index is 1.52. The Bertz CT molecular complexity index is 481. The lowest BCUT2D eigenvalue weighted by atomic mass is 10.2. The number of benzene rings is 1. The first-order chi connectivity index (χ1) is 9.90.